The van der Waals surface area contributed by atoms with Gasteiger partial charge in [0, 0.05) is 35.8 Å². The van der Waals surface area contributed by atoms with Crippen LogP contribution in [0.2, 0.25) is 0 Å². The standard InChI is InChI=1S/C21H14N4O4/c26-24(27)17-7-8-20(21(13-17)25(28)29)23-11-9-15(10-12-23)5-6-16-14-22-19-4-2-1-3-18(16)19/h1-14H/b16-6+. The second-order valence-electron chi connectivity index (χ2n) is 6.29. The van der Waals surface area contributed by atoms with E-state index < -0.39 is 9.85 Å². The van der Waals surface area contributed by atoms with Gasteiger partial charge in [0.2, 0.25) is 0 Å². The van der Waals surface area contributed by atoms with E-state index in [1.165, 1.54) is 12.1 Å². The first-order valence-electron chi connectivity index (χ1n) is 8.66. The Morgan fingerprint density at radius 3 is 2.41 bits per heavy atom. The summed E-state index contributed by atoms with van der Waals surface area (Å²) in [5.41, 5.74) is 3.50. The van der Waals surface area contributed by atoms with Gasteiger partial charge in [-0.15, -0.1) is 0 Å². The van der Waals surface area contributed by atoms with Crippen molar-refractivity contribution in [2.45, 2.75) is 0 Å². The van der Waals surface area contributed by atoms with Crippen molar-refractivity contribution >= 4 is 34.5 Å². The van der Waals surface area contributed by atoms with Crippen LogP contribution in [-0.2, 0) is 0 Å². The van der Waals surface area contributed by atoms with Gasteiger partial charge in [-0.05, 0) is 29.9 Å². The average molecular weight is 386 g/mol. The van der Waals surface area contributed by atoms with E-state index >= 15 is 0 Å². The van der Waals surface area contributed by atoms with Gasteiger partial charge in [0.25, 0.3) is 11.4 Å². The van der Waals surface area contributed by atoms with Crippen LogP contribution in [0.5, 0.6) is 0 Å². The van der Waals surface area contributed by atoms with Gasteiger partial charge >= 0.3 is 0 Å². The van der Waals surface area contributed by atoms with Gasteiger partial charge in [0.05, 0.1) is 21.6 Å². The monoisotopic (exact) mass is 386 g/mol. The smallest absolute Gasteiger partial charge is 0.300 e. The number of non-ortho nitro benzene ring substituents is 1. The SMILES string of the molecule is O=[N+]([O-])c1ccc(N2C=CC(=C/C=C3\C=Nc4ccccc43)C=C2)c([N+](=O)[O-])c1. The zero-order valence-corrected chi connectivity index (χ0v) is 15.0. The molecule has 142 valence electrons. The Labute approximate surface area is 165 Å². The van der Waals surface area contributed by atoms with Gasteiger partial charge in [0.1, 0.15) is 5.69 Å². The molecule has 0 bridgehead atoms. The summed E-state index contributed by atoms with van der Waals surface area (Å²) in [6.07, 6.45) is 12.7. The molecule has 0 fully saturated rings. The van der Waals surface area contributed by atoms with Crippen LogP contribution in [0.1, 0.15) is 5.56 Å². The molecule has 2 heterocycles. The number of aliphatic imine (C=N–C) groups is 1. The molecule has 2 aromatic carbocycles. The Morgan fingerprint density at radius 1 is 0.931 bits per heavy atom. The fraction of sp³-hybridized carbons (Fsp3) is 0. The van der Waals surface area contributed by atoms with Crippen LogP contribution < -0.4 is 4.90 Å². The van der Waals surface area contributed by atoms with Gasteiger partial charge in [-0.1, -0.05) is 30.4 Å². The van der Waals surface area contributed by atoms with E-state index in [-0.39, 0.29) is 17.1 Å². The van der Waals surface area contributed by atoms with Crippen molar-refractivity contribution in [3.8, 4) is 0 Å². The van der Waals surface area contributed by atoms with Crippen molar-refractivity contribution in [3.05, 3.63) is 111 Å². The lowest BCUT2D eigenvalue weighted by molar-refractivity contribution is -0.393. The molecule has 2 aliphatic rings. The fourth-order valence-corrected chi connectivity index (χ4v) is 3.06. The number of rotatable bonds is 4. The number of allylic oxidation sites excluding steroid dienone is 6. The number of fused-ring (bicyclic) bond motifs is 1. The first kappa shape index (κ1) is 18.1. The second kappa shape index (κ2) is 7.35. The van der Waals surface area contributed by atoms with E-state index in [0.717, 1.165) is 28.5 Å². The minimum absolute atomic E-state index is 0.252. The van der Waals surface area contributed by atoms with Crippen LogP contribution >= 0.6 is 0 Å². The topological polar surface area (TPSA) is 102 Å². The second-order valence-corrected chi connectivity index (χ2v) is 6.29. The zero-order valence-electron chi connectivity index (χ0n) is 15.0. The maximum absolute atomic E-state index is 11.3. The number of nitrogens with zero attached hydrogens (tertiary/aromatic N) is 4. The molecular weight excluding hydrogens is 372 g/mol. The third kappa shape index (κ3) is 3.59. The van der Waals surface area contributed by atoms with E-state index in [4.69, 9.17) is 0 Å². The number of hydrogen-bond acceptors (Lipinski definition) is 6. The van der Waals surface area contributed by atoms with Crippen molar-refractivity contribution in [2.24, 2.45) is 4.99 Å². The summed E-state index contributed by atoms with van der Waals surface area (Å²) in [7, 11) is 0. The molecule has 8 nitrogen and oxygen atoms in total. The van der Waals surface area contributed by atoms with Crippen LogP contribution in [0.4, 0.5) is 22.7 Å². The highest BCUT2D eigenvalue weighted by molar-refractivity contribution is 6.16. The molecule has 2 aliphatic heterocycles. The quantitative estimate of drug-likeness (QED) is 0.539. The normalized spacial score (nSPS) is 15.7. The van der Waals surface area contributed by atoms with Crippen LogP contribution in [-0.4, -0.2) is 16.1 Å². The molecule has 0 atom stereocenters. The van der Waals surface area contributed by atoms with Gasteiger partial charge in [-0.2, -0.15) is 0 Å². The van der Waals surface area contributed by atoms with E-state index in [9.17, 15) is 20.2 Å². The number of nitro groups is 2. The molecule has 0 amide bonds. The molecule has 0 radical (unpaired) electrons. The number of para-hydroxylation sites is 1. The molecule has 8 heteroatoms. The molecular formula is C21H14N4O4. The molecule has 0 aliphatic carbocycles. The Bertz CT molecular complexity index is 1160. The highest BCUT2D eigenvalue weighted by Gasteiger charge is 2.22. The van der Waals surface area contributed by atoms with Crippen molar-refractivity contribution in [1.82, 2.24) is 0 Å². The third-order valence-electron chi connectivity index (χ3n) is 4.51. The number of anilines is 1. The maximum atomic E-state index is 11.3. The highest BCUT2D eigenvalue weighted by Crippen LogP contribution is 2.34. The maximum Gasteiger partial charge on any atom is 0.300 e. The minimum Gasteiger partial charge on any atom is -0.318 e. The zero-order chi connectivity index (χ0) is 20.4. The number of benzene rings is 2. The molecule has 0 saturated heterocycles. The van der Waals surface area contributed by atoms with Gasteiger partial charge in [-0.3, -0.25) is 25.2 Å². The molecule has 2 aromatic rings. The Balaban J connectivity index is 1.57. The predicted octanol–water partition coefficient (Wildman–Crippen LogP) is 5.08. The van der Waals surface area contributed by atoms with Crippen molar-refractivity contribution in [2.75, 3.05) is 4.90 Å². The van der Waals surface area contributed by atoms with E-state index in [1.54, 1.807) is 29.5 Å². The van der Waals surface area contributed by atoms with Crippen molar-refractivity contribution in [3.63, 3.8) is 0 Å². The summed E-state index contributed by atoms with van der Waals surface area (Å²) in [5.74, 6) is 0. The Morgan fingerprint density at radius 2 is 1.69 bits per heavy atom. The minimum atomic E-state index is -0.655. The van der Waals surface area contributed by atoms with Gasteiger partial charge in [0.15, 0.2) is 0 Å². The van der Waals surface area contributed by atoms with E-state index in [1.807, 2.05) is 42.6 Å². The largest absolute Gasteiger partial charge is 0.318 e. The molecule has 4 rings (SSSR count). The van der Waals surface area contributed by atoms with Crippen LogP contribution in [0.25, 0.3) is 5.57 Å². The average Bonchev–Trinajstić information content (AvgIpc) is 3.15. The summed E-state index contributed by atoms with van der Waals surface area (Å²) in [6.45, 7) is 0. The first-order valence-corrected chi connectivity index (χ1v) is 8.66. The van der Waals surface area contributed by atoms with E-state index in [2.05, 4.69) is 4.99 Å². The lowest BCUT2D eigenvalue weighted by Gasteiger charge is -2.18. The summed E-state index contributed by atoms with van der Waals surface area (Å²) in [5, 5.41) is 22.2. The Kier molecular flexibility index (Phi) is 4.58. The number of nitro benzene ring substituents is 2. The fourth-order valence-electron chi connectivity index (χ4n) is 3.06. The number of hydrogen-bond donors (Lipinski definition) is 0. The Hall–Kier alpha value is -4.33. The molecule has 0 N–H and O–H groups in total. The molecule has 29 heavy (non-hydrogen) atoms. The highest BCUT2D eigenvalue weighted by atomic mass is 16.6. The van der Waals surface area contributed by atoms with Crippen molar-refractivity contribution < 1.29 is 9.85 Å². The molecule has 0 unspecified atom stereocenters. The molecule has 0 aromatic heterocycles. The summed E-state index contributed by atoms with van der Waals surface area (Å²) < 4.78 is 0. The third-order valence-corrected chi connectivity index (χ3v) is 4.51. The predicted molar refractivity (Wildman–Crippen MR) is 111 cm³/mol. The van der Waals surface area contributed by atoms with Crippen LogP contribution in [0.3, 0.4) is 0 Å². The molecule has 0 spiro atoms. The summed E-state index contributed by atoms with van der Waals surface area (Å²) >= 11 is 0. The lowest BCUT2D eigenvalue weighted by atomic mass is 10.1. The lowest BCUT2D eigenvalue weighted by Crippen LogP contribution is -2.11. The van der Waals surface area contributed by atoms with Crippen molar-refractivity contribution in [1.29, 1.82) is 0 Å². The van der Waals surface area contributed by atoms with Crippen LogP contribution in [0.15, 0.2) is 89.7 Å². The first-order chi connectivity index (χ1) is 14.0. The molecule has 0 saturated carbocycles. The van der Waals surface area contributed by atoms with E-state index in [0.29, 0.717) is 0 Å². The van der Waals surface area contributed by atoms with Gasteiger partial charge < -0.3 is 4.90 Å². The summed E-state index contributed by atoms with van der Waals surface area (Å²) in [6, 6.07) is 11.4. The van der Waals surface area contributed by atoms with Gasteiger partial charge in [-0.25, -0.2) is 0 Å². The van der Waals surface area contributed by atoms with Crippen LogP contribution in [0, 0.1) is 20.2 Å². The summed E-state index contributed by atoms with van der Waals surface area (Å²) in [4.78, 5) is 26.8.